The maximum Gasteiger partial charge on any atom is 0.310 e. The van der Waals surface area contributed by atoms with Crippen LogP contribution in [0.2, 0.25) is 0 Å². The summed E-state index contributed by atoms with van der Waals surface area (Å²) in [5, 5.41) is 6.41. The smallest absolute Gasteiger partial charge is 0.310 e. The van der Waals surface area contributed by atoms with Crippen molar-refractivity contribution < 1.29 is 23.8 Å². The van der Waals surface area contributed by atoms with Gasteiger partial charge in [-0.3, -0.25) is 14.5 Å². The van der Waals surface area contributed by atoms with Gasteiger partial charge in [-0.05, 0) is 56.5 Å². The fraction of sp³-hybridized carbons (Fsp3) is 0.444. The highest BCUT2D eigenvalue weighted by Crippen LogP contribution is 2.39. The van der Waals surface area contributed by atoms with E-state index in [1.165, 1.54) is 5.56 Å². The molecular formula is C27H31N3O5. The van der Waals surface area contributed by atoms with E-state index in [4.69, 9.17) is 19.3 Å². The number of hydrogen-bond donors (Lipinski definition) is 0. The number of fused-ring (bicyclic) bond motifs is 1. The Kier molecular flexibility index (Phi) is 6.72. The summed E-state index contributed by atoms with van der Waals surface area (Å²) in [5.74, 6) is 0.948. The largest absolute Gasteiger partial charge is 0.466 e. The van der Waals surface area contributed by atoms with Crippen LogP contribution in [0.4, 0.5) is 0 Å². The van der Waals surface area contributed by atoms with Gasteiger partial charge in [-0.25, -0.2) is 5.01 Å². The average Bonchev–Trinajstić information content (AvgIpc) is 3.52. The molecule has 0 saturated carbocycles. The van der Waals surface area contributed by atoms with E-state index in [-0.39, 0.29) is 37.2 Å². The van der Waals surface area contributed by atoms with E-state index in [1.54, 1.807) is 5.01 Å². The standard InChI is InChI=1S/C27H31N3O5/c1-3-33-27(32)21-5-4-12-29(15-21)16-26(31)30-23(20-10-11-24-25(13-20)35-17-34-24)14-22(28-30)19-8-6-18(2)7-9-19/h6-11,13,21,23H,3-5,12,14-17H2,1-2H3/t21-,23+/m1/s1. The third kappa shape index (κ3) is 5.03. The number of ether oxygens (including phenoxy) is 3. The first kappa shape index (κ1) is 23.4. The highest BCUT2D eigenvalue weighted by Gasteiger charge is 2.36. The van der Waals surface area contributed by atoms with E-state index < -0.39 is 0 Å². The predicted octanol–water partition coefficient (Wildman–Crippen LogP) is 3.68. The van der Waals surface area contributed by atoms with Crippen molar-refractivity contribution in [2.45, 2.75) is 39.2 Å². The van der Waals surface area contributed by atoms with Crippen LogP contribution in [0.5, 0.6) is 11.5 Å². The molecule has 8 nitrogen and oxygen atoms in total. The second-order valence-electron chi connectivity index (χ2n) is 9.31. The maximum absolute atomic E-state index is 13.6. The lowest BCUT2D eigenvalue weighted by Gasteiger charge is -2.32. The molecule has 2 aromatic rings. The number of aryl methyl sites for hydroxylation is 1. The lowest BCUT2D eigenvalue weighted by molar-refractivity contribution is -0.150. The number of hydrazone groups is 1. The quantitative estimate of drug-likeness (QED) is 0.591. The molecule has 0 bridgehead atoms. The minimum atomic E-state index is -0.237. The number of carbonyl (C=O) groups excluding carboxylic acids is 2. The molecule has 3 heterocycles. The summed E-state index contributed by atoms with van der Waals surface area (Å²) >= 11 is 0. The van der Waals surface area contributed by atoms with Gasteiger partial charge in [0.15, 0.2) is 11.5 Å². The zero-order valence-corrected chi connectivity index (χ0v) is 20.2. The summed E-state index contributed by atoms with van der Waals surface area (Å²) in [6.07, 6.45) is 2.27. The lowest BCUT2D eigenvalue weighted by Crippen LogP contribution is -2.44. The summed E-state index contributed by atoms with van der Waals surface area (Å²) in [7, 11) is 0. The van der Waals surface area contributed by atoms with Crippen molar-refractivity contribution in [3.05, 3.63) is 59.2 Å². The van der Waals surface area contributed by atoms with E-state index >= 15 is 0 Å². The van der Waals surface area contributed by atoms with Gasteiger partial charge < -0.3 is 14.2 Å². The molecule has 0 spiro atoms. The van der Waals surface area contributed by atoms with E-state index in [0.717, 1.165) is 36.2 Å². The molecule has 0 radical (unpaired) electrons. The number of amides is 1. The Hall–Kier alpha value is -3.39. The highest BCUT2D eigenvalue weighted by molar-refractivity contribution is 6.03. The third-order valence-electron chi connectivity index (χ3n) is 6.82. The van der Waals surface area contributed by atoms with Gasteiger partial charge in [-0.15, -0.1) is 0 Å². The summed E-state index contributed by atoms with van der Waals surface area (Å²) in [6, 6.07) is 13.8. The van der Waals surface area contributed by atoms with Crippen LogP contribution < -0.4 is 9.47 Å². The van der Waals surface area contributed by atoms with Crippen molar-refractivity contribution >= 4 is 17.6 Å². The maximum atomic E-state index is 13.6. The first-order valence-electron chi connectivity index (χ1n) is 12.3. The van der Waals surface area contributed by atoms with Crippen LogP contribution in [0.1, 0.15) is 48.9 Å². The van der Waals surface area contributed by atoms with Gasteiger partial charge in [0.2, 0.25) is 6.79 Å². The molecule has 0 unspecified atom stereocenters. The van der Waals surface area contributed by atoms with Gasteiger partial charge in [0.25, 0.3) is 5.91 Å². The molecular weight excluding hydrogens is 446 g/mol. The van der Waals surface area contributed by atoms with E-state index in [0.29, 0.717) is 31.1 Å². The molecule has 5 rings (SSSR count). The van der Waals surface area contributed by atoms with Gasteiger partial charge >= 0.3 is 5.97 Å². The molecule has 1 saturated heterocycles. The van der Waals surface area contributed by atoms with Gasteiger partial charge in [-0.1, -0.05) is 35.9 Å². The molecule has 8 heteroatoms. The summed E-state index contributed by atoms with van der Waals surface area (Å²) < 4.78 is 16.3. The minimum absolute atomic E-state index is 0.0840. The van der Waals surface area contributed by atoms with E-state index in [1.807, 2.05) is 49.1 Å². The Morgan fingerprint density at radius 1 is 1.11 bits per heavy atom. The number of nitrogens with zero attached hydrogens (tertiary/aromatic N) is 3. The van der Waals surface area contributed by atoms with E-state index in [9.17, 15) is 9.59 Å². The highest BCUT2D eigenvalue weighted by atomic mass is 16.7. The zero-order chi connectivity index (χ0) is 24.4. The van der Waals surface area contributed by atoms with Crippen LogP contribution in [-0.4, -0.2) is 60.5 Å². The molecule has 0 aliphatic carbocycles. The number of benzene rings is 2. The minimum Gasteiger partial charge on any atom is -0.466 e. The Labute approximate surface area is 205 Å². The van der Waals surface area contributed by atoms with Gasteiger partial charge in [0, 0.05) is 13.0 Å². The normalized spacial score (nSPS) is 21.7. The Bertz CT molecular complexity index is 1130. The van der Waals surface area contributed by atoms with Gasteiger partial charge in [0.05, 0.1) is 30.8 Å². The summed E-state index contributed by atoms with van der Waals surface area (Å²) in [6.45, 7) is 5.95. The van der Waals surface area contributed by atoms with Crippen LogP contribution in [0, 0.1) is 12.8 Å². The first-order chi connectivity index (χ1) is 17.0. The van der Waals surface area contributed by atoms with Crippen molar-refractivity contribution in [1.29, 1.82) is 0 Å². The number of hydrogen-bond acceptors (Lipinski definition) is 7. The fourth-order valence-electron chi connectivity index (χ4n) is 4.96. The van der Waals surface area contributed by atoms with Crippen LogP contribution in [0.3, 0.4) is 0 Å². The SMILES string of the molecule is CCOC(=O)[C@@H]1CCCN(CC(=O)N2N=C(c3ccc(C)cc3)C[C@H]2c2ccc3c(c2)OCO3)C1. The Morgan fingerprint density at radius 2 is 1.91 bits per heavy atom. The molecule has 1 amide bonds. The van der Waals surface area contributed by atoms with E-state index in [2.05, 4.69) is 12.1 Å². The number of likely N-dealkylation sites (tertiary alicyclic amines) is 1. The third-order valence-corrected chi connectivity index (χ3v) is 6.82. The molecule has 2 atom stereocenters. The second kappa shape index (κ2) is 10.1. The summed E-state index contributed by atoms with van der Waals surface area (Å²) in [4.78, 5) is 27.9. The molecule has 3 aliphatic heterocycles. The number of carbonyl (C=O) groups is 2. The van der Waals surface area contributed by atoms with Crippen LogP contribution in [0.25, 0.3) is 0 Å². The Morgan fingerprint density at radius 3 is 2.71 bits per heavy atom. The lowest BCUT2D eigenvalue weighted by atomic mass is 9.97. The van der Waals surface area contributed by atoms with Crippen molar-refractivity contribution in [2.75, 3.05) is 33.0 Å². The Balaban J connectivity index is 1.37. The number of esters is 1. The van der Waals surface area contributed by atoms with Crippen molar-refractivity contribution in [3.63, 3.8) is 0 Å². The number of piperidine rings is 1. The fourth-order valence-corrected chi connectivity index (χ4v) is 4.96. The molecule has 1 fully saturated rings. The second-order valence-corrected chi connectivity index (χ2v) is 9.31. The molecule has 3 aliphatic rings. The summed E-state index contributed by atoms with van der Waals surface area (Å²) in [5.41, 5.74) is 4.02. The topological polar surface area (TPSA) is 80.7 Å². The van der Waals surface area contributed by atoms with Gasteiger partial charge in [-0.2, -0.15) is 5.10 Å². The van der Waals surface area contributed by atoms with Crippen molar-refractivity contribution in [1.82, 2.24) is 9.91 Å². The van der Waals surface area contributed by atoms with Crippen LogP contribution in [0.15, 0.2) is 47.6 Å². The molecule has 184 valence electrons. The average molecular weight is 478 g/mol. The first-order valence-corrected chi connectivity index (χ1v) is 12.3. The molecule has 0 aromatic heterocycles. The molecule has 0 N–H and O–H groups in total. The van der Waals surface area contributed by atoms with Crippen molar-refractivity contribution in [3.8, 4) is 11.5 Å². The number of rotatable bonds is 6. The van der Waals surface area contributed by atoms with Crippen LogP contribution >= 0.6 is 0 Å². The zero-order valence-electron chi connectivity index (χ0n) is 20.2. The monoisotopic (exact) mass is 477 g/mol. The molecule has 2 aromatic carbocycles. The van der Waals surface area contributed by atoms with Crippen molar-refractivity contribution in [2.24, 2.45) is 11.0 Å². The van der Waals surface area contributed by atoms with Crippen LogP contribution in [-0.2, 0) is 14.3 Å². The van der Waals surface area contributed by atoms with Gasteiger partial charge in [0.1, 0.15) is 0 Å². The predicted molar refractivity (Wildman–Crippen MR) is 130 cm³/mol. The molecule has 35 heavy (non-hydrogen) atoms.